The molecule has 1 amide bonds. The van der Waals surface area contributed by atoms with Crippen LogP contribution in [-0.2, 0) is 20.4 Å². The summed E-state index contributed by atoms with van der Waals surface area (Å²) in [5.41, 5.74) is 1.77. The van der Waals surface area contributed by atoms with Crippen molar-refractivity contribution in [2.45, 2.75) is 16.8 Å². The van der Waals surface area contributed by atoms with Gasteiger partial charge in [-0.1, -0.05) is 72.0 Å². The summed E-state index contributed by atoms with van der Waals surface area (Å²) in [6, 6.07) is 24.8. The highest BCUT2D eigenvalue weighted by molar-refractivity contribution is 7.90. The summed E-state index contributed by atoms with van der Waals surface area (Å²) in [5.74, 6) is 0.435. The van der Waals surface area contributed by atoms with Crippen LogP contribution in [0.2, 0.25) is 0 Å². The molecular formula is C31H25N3O6S2. The lowest BCUT2D eigenvalue weighted by Gasteiger charge is -2.21. The van der Waals surface area contributed by atoms with Gasteiger partial charge in [-0.05, 0) is 23.8 Å². The Labute approximate surface area is 247 Å². The van der Waals surface area contributed by atoms with Gasteiger partial charge >= 0.3 is 0 Å². The van der Waals surface area contributed by atoms with Crippen LogP contribution in [0.5, 0.6) is 17.2 Å². The van der Waals surface area contributed by atoms with Gasteiger partial charge < -0.3 is 14.2 Å². The number of rotatable bonds is 10. The van der Waals surface area contributed by atoms with Crippen molar-refractivity contribution in [3.8, 4) is 17.2 Å². The molecule has 0 aliphatic rings. The maximum Gasteiger partial charge on any atom is 0.272 e. The van der Waals surface area contributed by atoms with E-state index in [1.165, 1.54) is 31.6 Å². The minimum absolute atomic E-state index is 0.0226. The number of nitrogens with one attached hydrogen (secondary N) is 1. The molecule has 0 saturated heterocycles. The zero-order valence-corrected chi connectivity index (χ0v) is 24.2. The Morgan fingerprint density at radius 1 is 0.952 bits per heavy atom. The first kappa shape index (κ1) is 28.6. The van der Waals surface area contributed by atoms with E-state index in [-0.39, 0.29) is 27.1 Å². The minimum Gasteiger partial charge on any atom is -0.493 e. The van der Waals surface area contributed by atoms with Gasteiger partial charge in [-0.25, -0.2) is 18.2 Å². The number of amides is 1. The van der Waals surface area contributed by atoms with E-state index in [0.717, 1.165) is 4.70 Å². The van der Waals surface area contributed by atoms with E-state index in [2.05, 4.69) is 15.1 Å². The molecule has 5 aromatic rings. The molecule has 0 spiro atoms. The summed E-state index contributed by atoms with van der Waals surface area (Å²) in [4.78, 5) is 21.7. The number of nitrogens with zero attached hydrogens (tertiary/aromatic N) is 2. The Kier molecular flexibility index (Phi) is 8.38. The van der Waals surface area contributed by atoms with Gasteiger partial charge in [-0.3, -0.25) is 10.1 Å². The topological polar surface area (TPSA) is 108 Å². The molecule has 1 unspecified atom stereocenters. The van der Waals surface area contributed by atoms with Crippen molar-refractivity contribution in [2.24, 2.45) is 0 Å². The van der Waals surface area contributed by atoms with Gasteiger partial charge in [0.1, 0.15) is 5.75 Å². The quantitative estimate of drug-likeness (QED) is 0.180. The molecule has 212 valence electrons. The summed E-state index contributed by atoms with van der Waals surface area (Å²) in [7, 11) is -0.821. The molecule has 1 N–H and O–H groups in total. The zero-order chi connectivity index (χ0) is 29.7. The molecule has 0 radical (unpaired) electrons. The number of carbonyl (C=O) groups excluding carboxylic acids is 1. The van der Waals surface area contributed by atoms with Crippen molar-refractivity contribution in [1.82, 2.24) is 4.98 Å². The average Bonchev–Trinajstić information content (AvgIpc) is 3.40. The number of sulfone groups is 1. The average molecular weight is 600 g/mol. The molecule has 1 atom stereocenters. The number of anilines is 1. The van der Waals surface area contributed by atoms with E-state index in [1.54, 1.807) is 78.9 Å². The number of ether oxygens (including phenoxy) is 3. The molecule has 42 heavy (non-hydrogen) atoms. The number of thiazole rings is 1. The first-order chi connectivity index (χ1) is 20.3. The predicted molar refractivity (Wildman–Crippen MR) is 161 cm³/mol. The largest absolute Gasteiger partial charge is 0.493 e. The van der Waals surface area contributed by atoms with Crippen molar-refractivity contribution in [3.63, 3.8) is 0 Å². The van der Waals surface area contributed by atoms with Crippen LogP contribution < -0.4 is 19.5 Å². The molecule has 9 nitrogen and oxygen atoms in total. The van der Waals surface area contributed by atoms with E-state index in [1.807, 2.05) is 6.07 Å². The molecule has 1 heterocycles. The van der Waals surface area contributed by atoms with E-state index in [0.29, 0.717) is 28.3 Å². The Morgan fingerprint density at radius 3 is 2.31 bits per heavy atom. The van der Waals surface area contributed by atoms with Crippen LogP contribution in [0.4, 0.5) is 10.8 Å². The van der Waals surface area contributed by atoms with Gasteiger partial charge in [0.05, 0.1) is 41.7 Å². The van der Waals surface area contributed by atoms with Crippen LogP contribution in [-0.4, -0.2) is 33.5 Å². The monoisotopic (exact) mass is 599 g/mol. The van der Waals surface area contributed by atoms with Crippen molar-refractivity contribution in [2.75, 3.05) is 19.5 Å². The van der Waals surface area contributed by atoms with Crippen molar-refractivity contribution < 1.29 is 27.4 Å². The van der Waals surface area contributed by atoms with Gasteiger partial charge in [-0.2, -0.15) is 0 Å². The molecule has 1 aromatic heterocycles. The molecular weight excluding hydrogens is 574 g/mol. The summed E-state index contributed by atoms with van der Waals surface area (Å²) < 4.78 is 44.9. The Morgan fingerprint density at radius 2 is 1.62 bits per heavy atom. The van der Waals surface area contributed by atoms with Gasteiger partial charge in [-0.15, -0.1) is 0 Å². The van der Waals surface area contributed by atoms with Crippen LogP contribution >= 0.6 is 11.3 Å². The first-order valence-electron chi connectivity index (χ1n) is 12.6. The lowest BCUT2D eigenvalue weighted by Crippen LogP contribution is -2.27. The van der Waals surface area contributed by atoms with Crippen LogP contribution in [0, 0.1) is 6.57 Å². The normalized spacial score (nSPS) is 11.8. The second kappa shape index (κ2) is 12.3. The Balaban J connectivity index is 1.53. The first-order valence-corrected chi connectivity index (χ1v) is 15.1. The van der Waals surface area contributed by atoms with E-state index < -0.39 is 21.8 Å². The highest BCUT2D eigenvalue weighted by Crippen LogP contribution is 2.37. The third-order valence-electron chi connectivity index (χ3n) is 6.32. The summed E-state index contributed by atoms with van der Waals surface area (Å²) in [6.45, 7) is 7.20. The van der Waals surface area contributed by atoms with E-state index in [4.69, 9.17) is 20.8 Å². The SMILES string of the molecule is [C-]#[N+]c1ccc(OC(C(=O)Nc2nc3cc(OC)c(OC)cc3s2)c2ccccc2S(=O)(=O)Cc2ccccc2)cc1. The van der Waals surface area contributed by atoms with Gasteiger partial charge in [0.2, 0.25) is 6.10 Å². The highest BCUT2D eigenvalue weighted by Gasteiger charge is 2.31. The molecule has 4 aromatic carbocycles. The summed E-state index contributed by atoms with van der Waals surface area (Å²) in [6.07, 6.45) is -1.36. The fourth-order valence-corrected chi connectivity index (χ4v) is 6.81. The maximum atomic E-state index is 13.8. The Hall–Kier alpha value is -4.92. The number of hydrogen-bond acceptors (Lipinski definition) is 8. The van der Waals surface area contributed by atoms with Crippen LogP contribution in [0.3, 0.4) is 0 Å². The molecule has 11 heteroatoms. The number of methoxy groups -OCH3 is 2. The van der Waals surface area contributed by atoms with Crippen LogP contribution in [0.15, 0.2) is 95.9 Å². The number of aromatic nitrogens is 1. The number of benzene rings is 4. The number of carbonyl (C=O) groups is 1. The van der Waals surface area contributed by atoms with Gasteiger partial charge in [0.15, 0.2) is 32.2 Å². The van der Waals surface area contributed by atoms with Crippen molar-refractivity contribution in [1.29, 1.82) is 0 Å². The number of fused-ring (bicyclic) bond motifs is 1. The van der Waals surface area contributed by atoms with Crippen molar-refractivity contribution in [3.05, 3.63) is 114 Å². The molecule has 0 aliphatic heterocycles. The summed E-state index contributed by atoms with van der Waals surface area (Å²) >= 11 is 1.22. The Bertz CT molecular complexity index is 1840. The second-order valence-electron chi connectivity index (χ2n) is 9.07. The lowest BCUT2D eigenvalue weighted by atomic mass is 10.1. The standard InChI is InChI=1S/C31H25N3O6S2/c1-32-21-13-15-22(16-14-21)40-29(23-11-7-8-12-28(23)42(36,37)19-20-9-5-4-6-10-20)30(35)34-31-33-24-17-25(38-2)26(39-3)18-27(24)41-31/h4-18,29H,19H2,2-3H3,(H,33,34,35). The molecule has 0 aliphatic carbocycles. The minimum atomic E-state index is -3.87. The third kappa shape index (κ3) is 6.20. The summed E-state index contributed by atoms with van der Waals surface area (Å²) in [5, 5.41) is 3.08. The molecule has 5 rings (SSSR count). The predicted octanol–water partition coefficient (Wildman–Crippen LogP) is 6.60. The van der Waals surface area contributed by atoms with Gasteiger partial charge in [0, 0.05) is 17.7 Å². The molecule has 0 fully saturated rings. The lowest BCUT2D eigenvalue weighted by molar-refractivity contribution is -0.123. The number of hydrogen-bond donors (Lipinski definition) is 1. The second-order valence-corrected chi connectivity index (χ2v) is 12.1. The third-order valence-corrected chi connectivity index (χ3v) is 9.01. The fourth-order valence-electron chi connectivity index (χ4n) is 4.32. The van der Waals surface area contributed by atoms with Crippen LogP contribution in [0.25, 0.3) is 15.1 Å². The fraction of sp³-hybridized carbons (Fsp3) is 0.129. The van der Waals surface area contributed by atoms with Crippen molar-refractivity contribution >= 4 is 48.1 Å². The highest BCUT2D eigenvalue weighted by atomic mass is 32.2. The zero-order valence-electron chi connectivity index (χ0n) is 22.6. The maximum absolute atomic E-state index is 13.8. The molecule has 0 saturated carbocycles. The van der Waals surface area contributed by atoms with E-state index in [9.17, 15) is 13.2 Å². The van der Waals surface area contributed by atoms with E-state index >= 15 is 0 Å². The van der Waals surface area contributed by atoms with Crippen LogP contribution in [0.1, 0.15) is 17.2 Å². The smallest absolute Gasteiger partial charge is 0.272 e. The van der Waals surface area contributed by atoms with Gasteiger partial charge in [0.25, 0.3) is 5.91 Å². The molecule has 0 bridgehead atoms.